The number of nitrogens with zero attached hydrogens (tertiary/aromatic N) is 3. The fourth-order valence-electron chi connectivity index (χ4n) is 2.70. The first-order chi connectivity index (χ1) is 11.4. The normalized spacial score (nSPS) is 10.8. The standard InChI is InChI=1S/C18H13N3O.Al/c22-17-9-5-4-8-14(17)18-20-15-10-11-19-12-16(15)21(18)13-6-2-1-3-7-13;/h1-12,22H;/q;+1/p-1. The minimum atomic E-state index is 0.762. The van der Waals surface area contributed by atoms with Gasteiger partial charge in [0.15, 0.2) is 0 Å². The summed E-state index contributed by atoms with van der Waals surface area (Å²) < 4.78 is 7.54. The zero-order chi connectivity index (χ0) is 15.6. The van der Waals surface area contributed by atoms with E-state index in [1.54, 1.807) is 6.20 Å². The number of para-hydroxylation sites is 2. The van der Waals surface area contributed by atoms with Crippen LogP contribution in [-0.2, 0) is 0 Å². The van der Waals surface area contributed by atoms with Crippen LogP contribution in [0.1, 0.15) is 0 Å². The Hall–Kier alpha value is -2.61. The quantitative estimate of drug-likeness (QED) is 0.543. The summed E-state index contributed by atoms with van der Waals surface area (Å²) in [7, 11) is 0. The molecule has 0 fully saturated rings. The molecule has 0 aliphatic heterocycles. The van der Waals surface area contributed by atoms with Crippen LogP contribution in [0.15, 0.2) is 73.1 Å². The molecular formula is C18H12AlN3O. The van der Waals surface area contributed by atoms with Crippen molar-refractivity contribution >= 4 is 27.7 Å². The van der Waals surface area contributed by atoms with Gasteiger partial charge in [0.1, 0.15) is 5.82 Å². The lowest BCUT2D eigenvalue weighted by Gasteiger charge is -2.13. The van der Waals surface area contributed by atoms with E-state index in [9.17, 15) is 0 Å². The molecule has 2 radical (unpaired) electrons. The second kappa shape index (κ2) is 5.88. The average Bonchev–Trinajstić information content (AvgIpc) is 3.01. The van der Waals surface area contributed by atoms with Crippen LogP contribution in [0.2, 0.25) is 0 Å². The first-order valence-electron chi connectivity index (χ1n) is 7.22. The van der Waals surface area contributed by atoms with Crippen molar-refractivity contribution < 1.29 is 3.79 Å². The highest BCUT2D eigenvalue weighted by molar-refractivity contribution is 6.00. The summed E-state index contributed by atoms with van der Waals surface area (Å²) in [4.78, 5) is 9.05. The van der Waals surface area contributed by atoms with E-state index >= 15 is 0 Å². The Morgan fingerprint density at radius 3 is 2.52 bits per heavy atom. The summed E-state index contributed by atoms with van der Waals surface area (Å²) in [6.07, 6.45) is 3.59. The molecule has 2 aromatic heterocycles. The van der Waals surface area contributed by atoms with Gasteiger partial charge >= 0.3 is 16.6 Å². The van der Waals surface area contributed by atoms with Crippen molar-refractivity contribution in [2.24, 2.45) is 0 Å². The lowest BCUT2D eigenvalue weighted by atomic mass is 10.2. The Kier molecular flexibility index (Phi) is 3.58. The molecule has 0 bridgehead atoms. The zero-order valence-corrected chi connectivity index (χ0v) is 13.4. The van der Waals surface area contributed by atoms with Crippen molar-refractivity contribution in [3.8, 4) is 22.8 Å². The molecule has 4 nitrogen and oxygen atoms in total. The Morgan fingerprint density at radius 1 is 0.913 bits per heavy atom. The molecular weight excluding hydrogens is 301 g/mol. The molecule has 0 aliphatic rings. The van der Waals surface area contributed by atoms with Gasteiger partial charge in [-0.05, 0) is 30.3 Å². The zero-order valence-electron chi connectivity index (χ0n) is 12.3. The number of hydrogen-bond acceptors (Lipinski definition) is 3. The van der Waals surface area contributed by atoms with E-state index in [0.29, 0.717) is 0 Å². The summed E-state index contributed by atoms with van der Waals surface area (Å²) in [6.45, 7) is 0. The van der Waals surface area contributed by atoms with Gasteiger partial charge in [-0.25, -0.2) is 4.98 Å². The van der Waals surface area contributed by atoms with Crippen LogP contribution in [0.3, 0.4) is 0 Å². The molecule has 0 atom stereocenters. The van der Waals surface area contributed by atoms with E-state index in [-0.39, 0.29) is 0 Å². The van der Waals surface area contributed by atoms with Gasteiger partial charge in [-0.15, -0.1) is 0 Å². The van der Waals surface area contributed by atoms with E-state index in [1.165, 1.54) is 0 Å². The maximum absolute atomic E-state index is 5.43. The van der Waals surface area contributed by atoms with Crippen LogP contribution in [-0.4, -0.2) is 31.2 Å². The second-order valence-corrected chi connectivity index (χ2v) is 5.32. The summed E-state index contributed by atoms with van der Waals surface area (Å²) >= 11 is 2.30. The molecule has 4 rings (SSSR count). The third-order valence-electron chi connectivity index (χ3n) is 3.73. The van der Waals surface area contributed by atoms with Crippen molar-refractivity contribution in [3.63, 3.8) is 0 Å². The molecule has 5 heteroatoms. The maximum Gasteiger partial charge on any atom is 0.482 e. The summed E-state index contributed by atoms with van der Waals surface area (Å²) in [6, 6.07) is 19.9. The van der Waals surface area contributed by atoms with Gasteiger partial charge in [0.25, 0.3) is 0 Å². The summed E-state index contributed by atoms with van der Waals surface area (Å²) in [5.74, 6) is 1.59. The molecule has 23 heavy (non-hydrogen) atoms. The Labute approximate surface area is 142 Å². The van der Waals surface area contributed by atoms with Crippen molar-refractivity contribution in [1.82, 2.24) is 14.5 Å². The van der Waals surface area contributed by atoms with Crippen LogP contribution >= 0.6 is 0 Å². The molecule has 108 valence electrons. The Bertz CT molecular complexity index is 966. The predicted octanol–water partition coefficient (Wildman–Crippen LogP) is 3.55. The topological polar surface area (TPSA) is 39.9 Å². The minimum absolute atomic E-state index is 0.762. The Balaban J connectivity index is 2.07. The van der Waals surface area contributed by atoms with Crippen LogP contribution in [0.4, 0.5) is 0 Å². The van der Waals surface area contributed by atoms with Gasteiger partial charge in [0, 0.05) is 11.9 Å². The molecule has 2 heterocycles. The molecule has 0 N–H and O–H groups in total. The van der Waals surface area contributed by atoms with Crippen LogP contribution < -0.4 is 3.79 Å². The second-order valence-electron chi connectivity index (χ2n) is 5.08. The predicted molar refractivity (Wildman–Crippen MR) is 90.7 cm³/mol. The maximum atomic E-state index is 5.43. The smallest absolute Gasteiger partial charge is 0.482 e. The van der Waals surface area contributed by atoms with Crippen molar-refractivity contribution in [2.75, 3.05) is 0 Å². The molecule has 0 unspecified atom stereocenters. The number of aromatic nitrogens is 3. The van der Waals surface area contributed by atoms with Crippen LogP contribution in [0.5, 0.6) is 5.75 Å². The van der Waals surface area contributed by atoms with Gasteiger partial charge in [-0.3, -0.25) is 9.55 Å². The average molecular weight is 313 g/mol. The summed E-state index contributed by atoms with van der Waals surface area (Å²) in [5.41, 5.74) is 3.84. The first kappa shape index (κ1) is 14.0. The number of rotatable bonds is 3. The van der Waals surface area contributed by atoms with Crippen molar-refractivity contribution in [3.05, 3.63) is 73.1 Å². The van der Waals surface area contributed by atoms with E-state index < -0.39 is 0 Å². The number of imidazole rings is 1. The van der Waals surface area contributed by atoms with Gasteiger partial charge in [0.05, 0.1) is 28.5 Å². The molecule has 0 saturated heterocycles. The first-order valence-corrected chi connectivity index (χ1v) is 7.69. The lowest BCUT2D eigenvalue weighted by Crippen LogP contribution is -1.99. The third kappa shape index (κ3) is 2.40. The van der Waals surface area contributed by atoms with Crippen LogP contribution in [0.25, 0.3) is 28.1 Å². The number of benzene rings is 2. The molecule has 0 spiro atoms. The highest BCUT2D eigenvalue weighted by Crippen LogP contribution is 2.33. The highest BCUT2D eigenvalue weighted by atomic mass is 27.1. The molecule has 2 aromatic carbocycles. The van der Waals surface area contributed by atoms with E-state index in [0.717, 1.165) is 33.9 Å². The monoisotopic (exact) mass is 313 g/mol. The molecule has 4 aromatic rings. The minimum Gasteiger partial charge on any atom is -0.653 e. The third-order valence-corrected chi connectivity index (χ3v) is 3.98. The lowest BCUT2D eigenvalue weighted by molar-refractivity contribution is 0.617. The SMILES string of the molecule is [Al][O]c1ccccc1-c1nc2ccncc2n1-c1ccccc1. The fraction of sp³-hybridized carbons (Fsp3) is 0. The van der Waals surface area contributed by atoms with Gasteiger partial charge in [-0.2, -0.15) is 0 Å². The van der Waals surface area contributed by atoms with E-state index in [2.05, 4.69) is 38.3 Å². The molecule has 0 amide bonds. The van der Waals surface area contributed by atoms with Gasteiger partial charge < -0.3 is 3.79 Å². The van der Waals surface area contributed by atoms with E-state index in [1.807, 2.05) is 54.7 Å². The van der Waals surface area contributed by atoms with E-state index in [4.69, 9.17) is 8.77 Å². The number of hydrogen-bond donors (Lipinski definition) is 0. The highest BCUT2D eigenvalue weighted by Gasteiger charge is 2.16. The van der Waals surface area contributed by atoms with Crippen molar-refractivity contribution in [1.29, 1.82) is 0 Å². The number of fused-ring (bicyclic) bond motifs is 1. The molecule has 0 aliphatic carbocycles. The largest absolute Gasteiger partial charge is 0.653 e. The number of pyridine rings is 1. The van der Waals surface area contributed by atoms with Crippen LogP contribution in [0, 0.1) is 0 Å². The van der Waals surface area contributed by atoms with Gasteiger partial charge in [0.2, 0.25) is 0 Å². The van der Waals surface area contributed by atoms with Gasteiger partial charge in [-0.1, -0.05) is 30.3 Å². The molecule has 0 saturated carbocycles. The fourth-order valence-corrected chi connectivity index (χ4v) is 2.90. The van der Waals surface area contributed by atoms with Crippen molar-refractivity contribution in [2.45, 2.75) is 0 Å². The summed E-state index contributed by atoms with van der Waals surface area (Å²) in [5, 5.41) is 0. The Morgan fingerprint density at radius 2 is 1.70 bits per heavy atom.